The Kier molecular flexibility index (Phi) is 4.71. The van der Waals surface area contributed by atoms with Crippen molar-refractivity contribution < 1.29 is 8.95 Å². The summed E-state index contributed by atoms with van der Waals surface area (Å²) in [4.78, 5) is 0.771. The van der Waals surface area contributed by atoms with Crippen LogP contribution < -0.4 is 10.5 Å². The van der Waals surface area contributed by atoms with Crippen LogP contribution in [-0.4, -0.2) is 17.1 Å². The summed E-state index contributed by atoms with van der Waals surface area (Å²) in [5.41, 5.74) is 7.08. The van der Waals surface area contributed by atoms with Crippen molar-refractivity contribution in [2.75, 3.05) is 12.9 Å². The second-order valence-electron chi connectivity index (χ2n) is 4.20. The highest BCUT2D eigenvalue weighted by Crippen LogP contribution is 2.18. The standard InChI is InChI=1S/C15H17NO2S/c1-18-13-7-9-14(10-8-13)19(17)11-15(16)12-5-3-2-4-6-12/h2-10,15H,11,16H2,1H3. The lowest BCUT2D eigenvalue weighted by Crippen LogP contribution is -2.18. The molecule has 0 aliphatic rings. The molecule has 0 fully saturated rings. The molecule has 2 rings (SSSR count). The molecule has 0 radical (unpaired) electrons. The molecule has 0 aliphatic heterocycles. The van der Waals surface area contributed by atoms with E-state index < -0.39 is 10.8 Å². The fourth-order valence-corrected chi connectivity index (χ4v) is 2.93. The van der Waals surface area contributed by atoms with E-state index in [1.165, 1.54) is 0 Å². The third kappa shape index (κ3) is 3.66. The van der Waals surface area contributed by atoms with Crippen LogP contribution in [0.5, 0.6) is 5.75 Å². The molecular formula is C15H17NO2S. The normalized spacial score (nSPS) is 13.8. The van der Waals surface area contributed by atoms with E-state index in [4.69, 9.17) is 10.5 Å². The zero-order valence-electron chi connectivity index (χ0n) is 10.8. The van der Waals surface area contributed by atoms with Crippen LogP contribution in [0.3, 0.4) is 0 Å². The highest BCUT2D eigenvalue weighted by atomic mass is 32.2. The summed E-state index contributed by atoms with van der Waals surface area (Å²) < 4.78 is 17.3. The highest BCUT2D eigenvalue weighted by molar-refractivity contribution is 7.85. The van der Waals surface area contributed by atoms with Gasteiger partial charge < -0.3 is 10.5 Å². The molecule has 2 aromatic rings. The molecule has 0 saturated carbocycles. The van der Waals surface area contributed by atoms with E-state index in [0.717, 1.165) is 16.2 Å². The summed E-state index contributed by atoms with van der Waals surface area (Å²) >= 11 is 0. The minimum absolute atomic E-state index is 0.218. The molecule has 0 aromatic heterocycles. The topological polar surface area (TPSA) is 52.3 Å². The van der Waals surface area contributed by atoms with Gasteiger partial charge in [0.2, 0.25) is 0 Å². The Morgan fingerprint density at radius 3 is 2.32 bits per heavy atom. The summed E-state index contributed by atoms with van der Waals surface area (Å²) in [6, 6.07) is 16.7. The Balaban J connectivity index is 2.04. The molecule has 19 heavy (non-hydrogen) atoms. The predicted molar refractivity (Wildman–Crippen MR) is 77.6 cm³/mol. The van der Waals surface area contributed by atoms with Crippen LogP contribution in [-0.2, 0) is 10.8 Å². The van der Waals surface area contributed by atoms with Gasteiger partial charge in [-0.2, -0.15) is 0 Å². The Hall–Kier alpha value is -1.65. The van der Waals surface area contributed by atoms with Crippen molar-refractivity contribution in [1.82, 2.24) is 0 Å². The smallest absolute Gasteiger partial charge is 0.118 e. The molecule has 0 saturated heterocycles. The highest BCUT2D eigenvalue weighted by Gasteiger charge is 2.11. The molecule has 0 amide bonds. The van der Waals surface area contributed by atoms with Crippen molar-refractivity contribution in [2.45, 2.75) is 10.9 Å². The number of rotatable bonds is 5. The molecule has 2 aromatic carbocycles. The minimum Gasteiger partial charge on any atom is -0.497 e. The van der Waals surface area contributed by atoms with Gasteiger partial charge in [-0.15, -0.1) is 0 Å². The van der Waals surface area contributed by atoms with Crippen molar-refractivity contribution in [3.05, 3.63) is 60.2 Å². The summed E-state index contributed by atoms with van der Waals surface area (Å²) in [6.07, 6.45) is 0. The fraction of sp³-hybridized carbons (Fsp3) is 0.200. The lowest BCUT2D eigenvalue weighted by Gasteiger charge is -2.11. The molecular weight excluding hydrogens is 258 g/mol. The first-order valence-electron chi connectivity index (χ1n) is 6.03. The first-order chi connectivity index (χ1) is 9.20. The SMILES string of the molecule is COc1ccc(S(=O)CC(N)c2ccccc2)cc1. The quantitative estimate of drug-likeness (QED) is 0.912. The third-order valence-electron chi connectivity index (χ3n) is 2.88. The summed E-state index contributed by atoms with van der Waals surface area (Å²) in [7, 11) is 0.504. The Labute approximate surface area is 115 Å². The summed E-state index contributed by atoms with van der Waals surface area (Å²) in [5.74, 6) is 1.17. The molecule has 0 heterocycles. The number of hydrogen-bond acceptors (Lipinski definition) is 3. The maximum atomic E-state index is 12.2. The monoisotopic (exact) mass is 275 g/mol. The largest absolute Gasteiger partial charge is 0.497 e. The maximum Gasteiger partial charge on any atom is 0.118 e. The molecule has 4 heteroatoms. The molecule has 0 spiro atoms. The molecule has 0 aliphatic carbocycles. The molecule has 2 atom stereocenters. The predicted octanol–water partition coefficient (Wildman–Crippen LogP) is 2.50. The Morgan fingerprint density at radius 2 is 1.74 bits per heavy atom. The number of benzene rings is 2. The number of nitrogens with two attached hydrogens (primary N) is 1. The third-order valence-corrected chi connectivity index (χ3v) is 4.34. The van der Waals surface area contributed by atoms with Crippen molar-refractivity contribution in [3.63, 3.8) is 0 Å². The lowest BCUT2D eigenvalue weighted by molar-refractivity contribution is 0.414. The second kappa shape index (κ2) is 6.50. The lowest BCUT2D eigenvalue weighted by atomic mass is 10.1. The van der Waals surface area contributed by atoms with Crippen molar-refractivity contribution >= 4 is 10.8 Å². The fourth-order valence-electron chi connectivity index (χ4n) is 1.78. The van der Waals surface area contributed by atoms with Crippen molar-refractivity contribution in [2.24, 2.45) is 5.73 Å². The van der Waals surface area contributed by atoms with Crippen LogP contribution in [0.15, 0.2) is 59.5 Å². The number of methoxy groups -OCH3 is 1. The molecule has 0 bridgehead atoms. The van der Waals surface area contributed by atoms with Gasteiger partial charge in [-0.25, -0.2) is 0 Å². The van der Waals surface area contributed by atoms with Gasteiger partial charge in [0.25, 0.3) is 0 Å². The van der Waals surface area contributed by atoms with Gasteiger partial charge in [0, 0.05) is 16.7 Å². The minimum atomic E-state index is -1.10. The Morgan fingerprint density at radius 1 is 1.11 bits per heavy atom. The van der Waals surface area contributed by atoms with Gasteiger partial charge in [0.05, 0.1) is 17.9 Å². The van der Waals surface area contributed by atoms with Crippen LogP contribution in [0, 0.1) is 0 Å². The van der Waals surface area contributed by atoms with E-state index in [2.05, 4.69) is 0 Å². The molecule has 2 unspecified atom stereocenters. The molecule has 2 N–H and O–H groups in total. The van der Waals surface area contributed by atoms with E-state index in [1.807, 2.05) is 42.5 Å². The van der Waals surface area contributed by atoms with Crippen LogP contribution in [0.1, 0.15) is 11.6 Å². The first kappa shape index (κ1) is 13.8. The molecule has 100 valence electrons. The first-order valence-corrected chi connectivity index (χ1v) is 7.35. The van der Waals surface area contributed by atoms with Gasteiger partial charge in [-0.3, -0.25) is 4.21 Å². The van der Waals surface area contributed by atoms with Crippen molar-refractivity contribution in [1.29, 1.82) is 0 Å². The van der Waals surface area contributed by atoms with E-state index in [1.54, 1.807) is 19.2 Å². The zero-order chi connectivity index (χ0) is 13.7. The van der Waals surface area contributed by atoms with Crippen LogP contribution >= 0.6 is 0 Å². The van der Waals surface area contributed by atoms with Gasteiger partial charge in [-0.05, 0) is 29.8 Å². The maximum absolute atomic E-state index is 12.2. The summed E-state index contributed by atoms with van der Waals surface area (Å²) in [6.45, 7) is 0. The van der Waals surface area contributed by atoms with Crippen LogP contribution in [0.2, 0.25) is 0 Å². The zero-order valence-corrected chi connectivity index (χ0v) is 11.6. The van der Waals surface area contributed by atoms with Crippen LogP contribution in [0.4, 0.5) is 0 Å². The summed E-state index contributed by atoms with van der Waals surface area (Å²) in [5, 5.41) is 0. The van der Waals surface area contributed by atoms with E-state index in [9.17, 15) is 4.21 Å². The van der Waals surface area contributed by atoms with E-state index >= 15 is 0 Å². The van der Waals surface area contributed by atoms with Gasteiger partial charge in [-0.1, -0.05) is 30.3 Å². The average molecular weight is 275 g/mol. The van der Waals surface area contributed by atoms with Gasteiger partial charge in [0.1, 0.15) is 5.75 Å². The molecule has 3 nitrogen and oxygen atoms in total. The van der Waals surface area contributed by atoms with E-state index in [-0.39, 0.29) is 6.04 Å². The second-order valence-corrected chi connectivity index (χ2v) is 5.70. The van der Waals surface area contributed by atoms with Gasteiger partial charge in [0.15, 0.2) is 0 Å². The number of ether oxygens (including phenoxy) is 1. The van der Waals surface area contributed by atoms with Crippen LogP contribution in [0.25, 0.3) is 0 Å². The van der Waals surface area contributed by atoms with Gasteiger partial charge >= 0.3 is 0 Å². The number of hydrogen-bond donors (Lipinski definition) is 1. The van der Waals surface area contributed by atoms with Crippen molar-refractivity contribution in [3.8, 4) is 5.75 Å². The Bertz CT molecular complexity index is 540. The van der Waals surface area contributed by atoms with E-state index in [0.29, 0.717) is 5.75 Å². The average Bonchev–Trinajstić information content (AvgIpc) is 2.48.